The molecular formula is C10H16N2O3S. The largest absolute Gasteiger partial charge is 0.476 e. The van der Waals surface area contributed by atoms with Gasteiger partial charge in [-0.3, -0.25) is 4.68 Å². The minimum absolute atomic E-state index is 0.118. The number of hydrogen-bond donors (Lipinski definition) is 0. The summed E-state index contributed by atoms with van der Waals surface area (Å²) in [6, 6.07) is 1.85. The van der Waals surface area contributed by atoms with Gasteiger partial charge in [-0.2, -0.15) is 0 Å². The van der Waals surface area contributed by atoms with Crippen molar-refractivity contribution in [2.75, 3.05) is 18.1 Å². The van der Waals surface area contributed by atoms with Crippen molar-refractivity contribution in [3.8, 4) is 5.88 Å². The first-order chi connectivity index (χ1) is 7.46. The van der Waals surface area contributed by atoms with Crippen LogP contribution < -0.4 is 4.74 Å². The van der Waals surface area contributed by atoms with E-state index in [1.807, 2.05) is 20.0 Å². The Kier molecular flexibility index (Phi) is 2.92. The van der Waals surface area contributed by atoms with Crippen LogP contribution in [0.3, 0.4) is 0 Å². The van der Waals surface area contributed by atoms with E-state index in [1.165, 1.54) is 0 Å². The zero-order chi connectivity index (χ0) is 11.8. The fourth-order valence-corrected chi connectivity index (χ4v) is 3.65. The molecule has 1 atom stereocenters. The molecule has 6 heteroatoms. The van der Waals surface area contributed by atoms with E-state index in [1.54, 1.807) is 4.68 Å². The zero-order valence-electron chi connectivity index (χ0n) is 9.51. The molecule has 2 heterocycles. The van der Waals surface area contributed by atoms with Crippen LogP contribution in [0.25, 0.3) is 0 Å². The lowest BCUT2D eigenvalue weighted by molar-refractivity contribution is 0.252. The molecule has 16 heavy (non-hydrogen) atoms. The second kappa shape index (κ2) is 4.08. The first kappa shape index (κ1) is 11.4. The first-order valence-electron chi connectivity index (χ1n) is 5.30. The van der Waals surface area contributed by atoms with Gasteiger partial charge in [-0.25, -0.2) is 8.42 Å². The molecule has 90 valence electrons. The molecular weight excluding hydrogens is 228 g/mol. The van der Waals surface area contributed by atoms with Crippen molar-refractivity contribution in [1.29, 1.82) is 0 Å². The lowest BCUT2D eigenvalue weighted by Crippen LogP contribution is -2.13. The molecule has 0 amide bonds. The lowest BCUT2D eigenvalue weighted by atomic mass is 10.1. The van der Waals surface area contributed by atoms with Crippen LogP contribution in [0.1, 0.15) is 12.1 Å². The smallest absolute Gasteiger partial charge is 0.232 e. The monoisotopic (exact) mass is 244 g/mol. The number of sulfone groups is 1. The molecule has 2 rings (SSSR count). The van der Waals surface area contributed by atoms with E-state index < -0.39 is 9.84 Å². The molecule has 1 unspecified atom stereocenters. The molecule has 0 spiro atoms. The Balaban J connectivity index is 1.89. The minimum atomic E-state index is -2.81. The summed E-state index contributed by atoms with van der Waals surface area (Å²) in [6.07, 6.45) is 0.703. The van der Waals surface area contributed by atoms with Crippen molar-refractivity contribution >= 4 is 9.84 Å². The molecule has 1 aromatic heterocycles. The van der Waals surface area contributed by atoms with E-state index in [0.717, 1.165) is 5.69 Å². The van der Waals surface area contributed by atoms with Crippen LogP contribution in [0, 0.1) is 12.8 Å². The molecule has 0 saturated carbocycles. The predicted octanol–water partition coefficient (Wildman–Crippen LogP) is 0.542. The van der Waals surface area contributed by atoms with E-state index in [2.05, 4.69) is 5.10 Å². The molecule has 1 fully saturated rings. The van der Waals surface area contributed by atoms with Gasteiger partial charge in [0.05, 0.1) is 18.1 Å². The van der Waals surface area contributed by atoms with Crippen LogP contribution in [0.2, 0.25) is 0 Å². The van der Waals surface area contributed by atoms with E-state index in [9.17, 15) is 8.42 Å². The van der Waals surface area contributed by atoms with E-state index in [-0.39, 0.29) is 11.7 Å². The van der Waals surface area contributed by atoms with Crippen LogP contribution in [0.5, 0.6) is 5.88 Å². The number of rotatable bonds is 3. The molecule has 0 N–H and O–H groups in total. The van der Waals surface area contributed by atoms with Crippen LogP contribution in [0.15, 0.2) is 6.07 Å². The summed E-state index contributed by atoms with van der Waals surface area (Å²) in [5.41, 5.74) is 1.02. The van der Waals surface area contributed by atoms with Gasteiger partial charge in [-0.1, -0.05) is 0 Å². The quantitative estimate of drug-likeness (QED) is 0.778. The van der Waals surface area contributed by atoms with Crippen molar-refractivity contribution in [1.82, 2.24) is 9.78 Å². The normalized spacial score (nSPS) is 23.5. The highest BCUT2D eigenvalue weighted by Crippen LogP contribution is 2.19. The predicted molar refractivity (Wildman–Crippen MR) is 60.2 cm³/mol. The fourth-order valence-electron chi connectivity index (χ4n) is 1.80. The average Bonchev–Trinajstić information content (AvgIpc) is 2.68. The summed E-state index contributed by atoms with van der Waals surface area (Å²) in [6.45, 7) is 2.38. The van der Waals surface area contributed by atoms with Crippen molar-refractivity contribution in [2.45, 2.75) is 13.3 Å². The summed E-state index contributed by atoms with van der Waals surface area (Å²) in [4.78, 5) is 0. The Hall–Kier alpha value is -1.04. The van der Waals surface area contributed by atoms with Gasteiger partial charge in [0.15, 0.2) is 9.84 Å². The van der Waals surface area contributed by atoms with Gasteiger partial charge in [0.2, 0.25) is 5.88 Å². The maximum atomic E-state index is 11.2. The Morgan fingerprint density at radius 1 is 1.62 bits per heavy atom. The van der Waals surface area contributed by atoms with Crippen LogP contribution >= 0.6 is 0 Å². The van der Waals surface area contributed by atoms with Crippen LogP contribution in [-0.2, 0) is 16.9 Å². The first-order valence-corrected chi connectivity index (χ1v) is 7.12. The third-order valence-electron chi connectivity index (χ3n) is 2.89. The van der Waals surface area contributed by atoms with Gasteiger partial charge < -0.3 is 4.74 Å². The number of aromatic nitrogens is 2. The Bertz CT molecular complexity index is 459. The molecule has 0 aromatic carbocycles. The Labute approximate surface area is 95.3 Å². The molecule has 1 saturated heterocycles. The summed E-state index contributed by atoms with van der Waals surface area (Å²) in [7, 11) is -0.959. The third kappa shape index (κ3) is 2.55. The molecule has 1 aliphatic rings. The van der Waals surface area contributed by atoms with Crippen LogP contribution in [-0.4, -0.2) is 36.3 Å². The second-order valence-electron chi connectivity index (χ2n) is 4.33. The Morgan fingerprint density at radius 2 is 2.38 bits per heavy atom. The minimum Gasteiger partial charge on any atom is -0.476 e. The van der Waals surface area contributed by atoms with Crippen molar-refractivity contribution in [3.63, 3.8) is 0 Å². The highest BCUT2D eigenvalue weighted by Gasteiger charge is 2.28. The highest BCUT2D eigenvalue weighted by atomic mass is 32.2. The summed E-state index contributed by atoms with van der Waals surface area (Å²) in [5.74, 6) is 1.23. The highest BCUT2D eigenvalue weighted by molar-refractivity contribution is 7.91. The molecule has 5 nitrogen and oxygen atoms in total. The average molecular weight is 244 g/mol. The third-order valence-corrected chi connectivity index (χ3v) is 4.72. The zero-order valence-corrected chi connectivity index (χ0v) is 10.3. The maximum Gasteiger partial charge on any atom is 0.232 e. The van der Waals surface area contributed by atoms with Gasteiger partial charge in [-0.15, -0.1) is 5.10 Å². The van der Waals surface area contributed by atoms with Gasteiger partial charge in [0.1, 0.15) is 0 Å². The molecule has 0 aliphatic carbocycles. The van der Waals surface area contributed by atoms with E-state index in [0.29, 0.717) is 24.7 Å². The molecule has 1 aliphatic heterocycles. The fraction of sp³-hybridized carbons (Fsp3) is 0.700. The van der Waals surface area contributed by atoms with Gasteiger partial charge in [-0.05, 0) is 13.3 Å². The molecule has 1 aromatic rings. The van der Waals surface area contributed by atoms with E-state index in [4.69, 9.17) is 4.74 Å². The summed E-state index contributed by atoms with van der Waals surface area (Å²) in [5, 5.41) is 4.15. The van der Waals surface area contributed by atoms with Crippen molar-refractivity contribution in [2.24, 2.45) is 13.0 Å². The Morgan fingerprint density at radius 3 is 2.88 bits per heavy atom. The van der Waals surface area contributed by atoms with Crippen molar-refractivity contribution < 1.29 is 13.2 Å². The number of hydrogen-bond acceptors (Lipinski definition) is 4. The number of aryl methyl sites for hydroxylation is 2. The summed E-state index contributed by atoms with van der Waals surface area (Å²) < 4.78 is 29.7. The number of ether oxygens (including phenoxy) is 1. The maximum absolute atomic E-state index is 11.2. The topological polar surface area (TPSA) is 61.2 Å². The van der Waals surface area contributed by atoms with Gasteiger partial charge in [0, 0.05) is 24.7 Å². The van der Waals surface area contributed by atoms with E-state index >= 15 is 0 Å². The molecule has 0 bridgehead atoms. The SMILES string of the molecule is Cc1cc(OCC2CCS(=O)(=O)C2)nn1C. The van der Waals surface area contributed by atoms with Crippen LogP contribution in [0.4, 0.5) is 0 Å². The molecule has 0 radical (unpaired) electrons. The number of nitrogens with zero attached hydrogens (tertiary/aromatic N) is 2. The standard InChI is InChI=1S/C10H16N2O3S/c1-8-5-10(11-12(8)2)15-6-9-3-4-16(13,14)7-9/h5,9H,3-4,6-7H2,1-2H3. The second-order valence-corrected chi connectivity index (χ2v) is 6.56. The van der Waals surface area contributed by atoms with Gasteiger partial charge >= 0.3 is 0 Å². The van der Waals surface area contributed by atoms with Gasteiger partial charge in [0.25, 0.3) is 0 Å². The summed E-state index contributed by atoms with van der Waals surface area (Å²) >= 11 is 0. The lowest BCUT2D eigenvalue weighted by Gasteiger charge is -2.07. The van der Waals surface area contributed by atoms with Crippen molar-refractivity contribution in [3.05, 3.63) is 11.8 Å².